The zero-order valence-corrected chi connectivity index (χ0v) is 23.0. The molecule has 0 unspecified atom stereocenters. The van der Waals surface area contributed by atoms with Crippen molar-refractivity contribution < 1.29 is 19.2 Å². The molecule has 1 aromatic heterocycles. The standard InChI is InChI=1S/C31H39FN4O3/c1-22-28(19-24-7-9-26(10-8-24)30(38)33-39)27-5-3-4-6-29(27)36(22)20-25-11-15-34(16-12-25)21-31(32)13-17-35(18-14-31)23(2)37/h3-10,25,39H,11-21H2,1-2H3,(H,33,38). The molecule has 2 aromatic carbocycles. The van der Waals surface area contributed by atoms with Gasteiger partial charge in [-0.1, -0.05) is 30.3 Å². The Labute approximate surface area is 229 Å². The number of carbonyl (C=O) groups excluding carboxylic acids is 2. The third-order valence-electron chi connectivity index (χ3n) is 8.82. The first-order valence-corrected chi connectivity index (χ1v) is 14.0. The molecule has 208 valence electrons. The van der Waals surface area contributed by atoms with E-state index in [9.17, 15) is 9.59 Å². The quantitative estimate of drug-likeness (QED) is 0.340. The summed E-state index contributed by atoms with van der Waals surface area (Å²) >= 11 is 0. The van der Waals surface area contributed by atoms with Crippen molar-refractivity contribution in [1.82, 2.24) is 19.8 Å². The number of fused-ring (bicyclic) bond motifs is 1. The lowest BCUT2D eigenvalue weighted by atomic mass is 9.90. The predicted octanol–water partition coefficient (Wildman–Crippen LogP) is 4.72. The topological polar surface area (TPSA) is 77.8 Å². The number of aromatic nitrogens is 1. The van der Waals surface area contributed by atoms with Crippen molar-refractivity contribution in [2.24, 2.45) is 5.92 Å². The van der Waals surface area contributed by atoms with Crippen LogP contribution >= 0.6 is 0 Å². The SMILES string of the molecule is CC(=O)N1CCC(F)(CN2CCC(Cn3c(C)c(Cc4ccc(C(=O)NO)cc4)c4ccccc43)CC2)CC1. The minimum atomic E-state index is -1.19. The molecule has 2 N–H and O–H groups in total. The van der Waals surface area contributed by atoms with E-state index in [-0.39, 0.29) is 5.91 Å². The Morgan fingerprint density at radius 3 is 2.33 bits per heavy atom. The number of halogens is 1. The average molecular weight is 535 g/mol. The fourth-order valence-corrected chi connectivity index (χ4v) is 6.37. The monoisotopic (exact) mass is 534 g/mol. The van der Waals surface area contributed by atoms with Gasteiger partial charge in [-0.05, 0) is 74.5 Å². The van der Waals surface area contributed by atoms with E-state index in [1.54, 1.807) is 29.4 Å². The Balaban J connectivity index is 1.23. The summed E-state index contributed by atoms with van der Waals surface area (Å²) in [5.74, 6) is 0.0642. The fourth-order valence-electron chi connectivity index (χ4n) is 6.37. The number of nitrogens with zero attached hydrogens (tertiary/aromatic N) is 3. The van der Waals surface area contributed by atoms with Crippen molar-refractivity contribution in [1.29, 1.82) is 0 Å². The van der Waals surface area contributed by atoms with Crippen LogP contribution in [0.15, 0.2) is 48.5 Å². The van der Waals surface area contributed by atoms with E-state index < -0.39 is 11.6 Å². The van der Waals surface area contributed by atoms with Crippen LogP contribution in [-0.2, 0) is 17.8 Å². The summed E-state index contributed by atoms with van der Waals surface area (Å²) in [6, 6.07) is 15.9. The van der Waals surface area contributed by atoms with Crippen molar-refractivity contribution in [2.75, 3.05) is 32.7 Å². The highest BCUT2D eigenvalue weighted by Crippen LogP contribution is 2.32. The largest absolute Gasteiger partial charge is 0.344 e. The molecule has 3 heterocycles. The van der Waals surface area contributed by atoms with Crippen LogP contribution < -0.4 is 5.48 Å². The van der Waals surface area contributed by atoms with Gasteiger partial charge < -0.3 is 14.4 Å². The average Bonchev–Trinajstić information content (AvgIpc) is 3.20. The summed E-state index contributed by atoms with van der Waals surface area (Å²) in [4.78, 5) is 27.3. The Morgan fingerprint density at radius 2 is 1.69 bits per heavy atom. The molecule has 7 nitrogen and oxygen atoms in total. The second-order valence-corrected chi connectivity index (χ2v) is 11.4. The molecule has 3 aromatic rings. The van der Waals surface area contributed by atoms with Gasteiger partial charge in [-0.2, -0.15) is 0 Å². The van der Waals surface area contributed by atoms with E-state index in [0.29, 0.717) is 44.0 Å². The van der Waals surface area contributed by atoms with Crippen LogP contribution in [0.4, 0.5) is 4.39 Å². The van der Waals surface area contributed by atoms with Crippen molar-refractivity contribution in [2.45, 2.75) is 58.2 Å². The van der Waals surface area contributed by atoms with Crippen molar-refractivity contribution in [3.05, 3.63) is 70.9 Å². The maximum Gasteiger partial charge on any atom is 0.274 e. The third kappa shape index (κ3) is 6.02. The number of alkyl halides is 1. The van der Waals surface area contributed by atoms with Gasteiger partial charge in [0.2, 0.25) is 5.91 Å². The maximum absolute atomic E-state index is 15.5. The first-order chi connectivity index (χ1) is 18.8. The Morgan fingerprint density at radius 1 is 1.03 bits per heavy atom. The fraction of sp³-hybridized carbons (Fsp3) is 0.484. The summed E-state index contributed by atoms with van der Waals surface area (Å²) in [6.07, 6.45) is 3.72. The lowest BCUT2D eigenvalue weighted by molar-refractivity contribution is -0.131. The predicted molar refractivity (Wildman–Crippen MR) is 150 cm³/mol. The van der Waals surface area contributed by atoms with Crippen LogP contribution in [-0.4, -0.2) is 69.8 Å². The van der Waals surface area contributed by atoms with Gasteiger partial charge in [0.1, 0.15) is 5.67 Å². The lowest BCUT2D eigenvalue weighted by Crippen LogP contribution is -2.50. The van der Waals surface area contributed by atoms with E-state index in [0.717, 1.165) is 44.5 Å². The summed E-state index contributed by atoms with van der Waals surface area (Å²) < 4.78 is 18.0. The van der Waals surface area contributed by atoms with E-state index >= 15 is 4.39 Å². The minimum Gasteiger partial charge on any atom is -0.344 e. The zero-order valence-electron chi connectivity index (χ0n) is 23.0. The zero-order chi connectivity index (χ0) is 27.6. The first-order valence-electron chi connectivity index (χ1n) is 14.0. The molecule has 0 aliphatic carbocycles. The first kappa shape index (κ1) is 27.3. The molecule has 0 bridgehead atoms. The number of hydrogen-bond donors (Lipinski definition) is 2. The summed E-state index contributed by atoms with van der Waals surface area (Å²) in [5.41, 5.74) is 5.81. The van der Waals surface area contributed by atoms with E-state index in [1.807, 2.05) is 12.1 Å². The molecule has 2 saturated heterocycles. The van der Waals surface area contributed by atoms with Crippen molar-refractivity contribution in [3.8, 4) is 0 Å². The van der Waals surface area contributed by atoms with Gasteiger partial charge in [-0.25, -0.2) is 9.87 Å². The number of para-hydroxylation sites is 1. The molecule has 2 amide bonds. The minimum absolute atomic E-state index is 0.0406. The van der Waals surface area contributed by atoms with Crippen molar-refractivity contribution in [3.63, 3.8) is 0 Å². The number of hydrogen-bond acceptors (Lipinski definition) is 4. The number of carbonyl (C=O) groups is 2. The molecular formula is C31H39FN4O3. The van der Waals surface area contributed by atoms with Crippen LogP contribution in [0.1, 0.15) is 59.8 Å². The van der Waals surface area contributed by atoms with Crippen LogP contribution in [0.5, 0.6) is 0 Å². The van der Waals surface area contributed by atoms with E-state index in [4.69, 9.17) is 5.21 Å². The van der Waals surface area contributed by atoms with Gasteiger partial charge in [0, 0.05) is 68.1 Å². The van der Waals surface area contributed by atoms with E-state index in [1.165, 1.54) is 22.2 Å². The molecule has 2 aliphatic rings. The number of piperidine rings is 2. The van der Waals surface area contributed by atoms with E-state index in [2.05, 4.69) is 40.7 Å². The third-order valence-corrected chi connectivity index (χ3v) is 8.82. The second kappa shape index (κ2) is 11.5. The molecular weight excluding hydrogens is 495 g/mol. The number of likely N-dealkylation sites (tertiary alicyclic amines) is 2. The number of nitrogens with one attached hydrogen (secondary N) is 1. The smallest absolute Gasteiger partial charge is 0.274 e. The molecule has 39 heavy (non-hydrogen) atoms. The van der Waals surface area contributed by atoms with Crippen LogP contribution in [0.2, 0.25) is 0 Å². The highest BCUT2D eigenvalue weighted by molar-refractivity contribution is 5.93. The van der Waals surface area contributed by atoms with Gasteiger partial charge in [0.05, 0.1) is 0 Å². The lowest BCUT2D eigenvalue weighted by Gasteiger charge is -2.41. The summed E-state index contributed by atoms with van der Waals surface area (Å²) in [7, 11) is 0. The van der Waals surface area contributed by atoms with Crippen LogP contribution in [0, 0.1) is 12.8 Å². The normalized spacial score (nSPS) is 18.4. The molecule has 2 aliphatic heterocycles. The molecule has 2 fully saturated rings. The summed E-state index contributed by atoms with van der Waals surface area (Å²) in [5, 5.41) is 10.1. The highest BCUT2D eigenvalue weighted by Gasteiger charge is 2.37. The van der Waals surface area contributed by atoms with Gasteiger partial charge in [-0.15, -0.1) is 0 Å². The molecule has 5 rings (SSSR count). The van der Waals surface area contributed by atoms with Gasteiger partial charge in [0.15, 0.2) is 0 Å². The second-order valence-electron chi connectivity index (χ2n) is 11.4. The van der Waals surface area contributed by atoms with Crippen LogP contribution in [0.3, 0.4) is 0 Å². The van der Waals surface area contributed by atoms with Gasteiger partial charge >= 0.3 is 0 Å². The number of benzene rings is 2. The molecule has 0 atom stereocenters. The molecule has 8 heteroatoms. The Bertz CT molecular complexity index is 1320. The molecule has 0 radical (unpaired) electrons. The van der Waals surface area contributed by atoms with Gasteiger partial charge in [0.25, 0.3) is 5.91 Å². The Hall–Kier alpha value is -3.23. The number of amides is 2. The van der Waals surface area contributed by atoms with Crippen molar-refractivity contribution >= 4 is 22.7 Å². The summed E-state index contributed by atoms with van der Waals surface area (Å²) in [6.45, 7) is 8.03. The number of rotatable bonds is 7. The molecule has 0 saturated carbocycles. The highest BCUT2D eigenvalue weighted by atomic mass is 19.1. The number of hydroxylamine groups is 1. The van der Waals surface area contributed by atoms with Gasteiger partial charge in [-0.3, -0.25) is 14.8 Å². The van der Waals surface area contributed by atoms with Crippen LogP contribution in [0.25, 0.3) is 10.9 Å². The maximum atomic E-state index is 15.5. The molecule has 0 spiro atoms. The Kier molecular flexibility index (Phi) is 8.05.